The van der Waals surface area contributed by atoms with Gasteiger partial charge in [-0.3, -0.25) is 4.79 Å². The van der Waals surface area contributed by atoms with E-state index in [0.717, 1.165) is 29.4 Å². The van der Waals surface area contributed by atoms with E-state index in [-0.39, 0.29) is 5.56 Å². The SMILES string of the molecule is COc1cccc2c1C1(CCN(C(=O)c3ccccc3C(F)(F)F)CC1)OCC2. The Balaban J connectivity index is 1.59. The van der Waals surface area contributed by atoms with Gasteiger partial charge in [-0.25, -0.2) is 0 Å². The van der Waals surface area contributed by atoms with Gasteiger partial charge in [0.25, 0.3) is 5.91 Å². The van der Waals surface area contributed by atoms with E-state index in [0.29, 0.717) is 32.5 Å². The van der Waals surface area contributed by atoms with Gasteiger partial charge in [-0.15, -0.1) is 0 Å². The third kappa shape index (κ3) is 3.48. The van der Waals surface area contributed by atoms with Crippen LogP contribution in [0.4, 0.5) is 13.2 Å². The van der Waals surface area contributed by atoms with Crippen LogP contribution in [0.5, 0.6) is 5.75 Å². The number of fused-ring (bicyclic) bond motifs is 2. The quantitative estimate of drug-likeness (QED) is 0.743. The predicted octanol–water partition coefficient (Wildman–Crippen LogP) is 4.42. The fourth-order valence-electron chi connectivity index (χ4n) is 4.45. The summed E-state index contributed by atoms with van der Waals surface area (Å²) in [5, 5.41) is 0. The number of likely N-dealkylation sites (tertiary alicyclic amines) is 1. The lowest BCUT2D eigenvalue weighted by atomic mass is 9.78. The van der Waals surface area contributed by atoms with Crippen molar-refractivity contribution in [2.45, 2.75) is 31.0 Å². The molecular weight excluding hydrogens is 383 g/mol. The Kier molecular flexibility index (Phi) is 5.02. The number of halogens is 3. The van der Waals surface area contributed by atoms with Crippen LogP contribution in [-0.4, -0.2) is 37.6 Å². The molecule has 0 N–H and O–H groups in total. The van der Waals surface area contributed by atoms with Crippen molar-refractivity contribution in [2.75, 3.05) is 26.8 Å². The molecule has 7 heteroatoms. The zero-order valence-electron chi connectivity index (χ0n) is 16.1. The Morgan fingerprint density at radius 2 is 1.83 bits per heavy atom. The Hall–Kier alpha value is -2.54. The van der Waals surface area contributed by atoms with Crippen molar-refractivity contribution in [2.24, 2.45) is 0 Å². The number of amides is 1. The minimum Gasteiger partial charge on any atom is -0.496 e. The zero-order valence-corrected chi connectivity index (χ0v) is 16.1. The molecule has 154 valence electrons. The minimum atomic E-state index is -4.57. The maximum Gasteiger partial charge on any atom is 0.417 e. The minimum absolute atomic E-state index is 0.307. The molecule has 0 atom stereocenters. The standard InChI is InChI=1S/C22H22F3NO3/c1-28-18-8-4-5-15-9-14-29-21(19(15)18)10-12-26(13-11-21)20(27)16-6-2-3-7-17(16)22(23,24)25/h2-8H,9-14H2,1H3. The topological polar surface area (TPSA) is 38.8 Å². The van der Waals surface area contributed by atoms with Crippen molar-refractivity contribution in [1.82, 2.24) is 4.90 Å². The first-order valence-corrected chi connectivity index (χ1v) is 9.61. The molecule has 2 aromatic carbocycles. The molecule has 0 aliphatic carbocycles. The third-order valence-corrected chi connectivity index (χ3v) is 5.86. The van der Waals surface area contributed by atoms with Gasteiger partial charge in [-0.2, -0.15) is 13.2 Å². The lowest BCUT2D eigenvalue weighted by Gasteiger charge is -2.45. The number of alkyl halides is 3. The van der Waals surface area contributed by atoms with Crippen LogP contribution in [0.2, 0.25) is 0 Å². The second kappa shape index (κ2) is 7.37. The molecule has 4 rings (SSSR count). The molecule has 0 saturated carbocycles. The summed E-state index contributed by atoms with van der Waals surface area (Å²) in [6.07, 6.45) is -2.75. The Labute approximate surface area is 167 Å². The lowest BCUT2D eigenvalue weighted by molar-refractivity contribution is -0.138. The van der Waals surface area contributed by atoms with Crippen LogP contribution < -0.4 is 4.74 Å². The molecule has 1 amide bonds. The number of hydrogen-bond acceptors (Lipinski definition) is 3. The van der Waals surface area contributed by atoms with E-state index >= 15 is 0 Å². The number of ether oxygens (including phenoxy) is 2. The number of piperidine rings is 1. The largest absolute Gasteiger partial charge is 0.496 e. The second-order valence-electron chi connectivity index (χ2n) is 7.42. The van der Waals surface area contributed by atoms with Gasteiger partial charge in [0.15, 0.2) is 0 Å². The number of carbonyl (C=O) groups excluding carboxylic acids is 1. The molecular formula is C22H22F3NO3. The molecule has 29 heavy (non-hydrogen) atoms. The van der Waals surface area contributed by atoms with E-state index in [1.54, 1.807) is 7.11 Å². The van der Waals surface area contributed by atoms with E-state index < -0.39 is 23.2 Å². The van der Waals surface area contributed by atoms with Gasteiger partial charge >= 0.3 is 6.18 Å². The fourth-order valence-corrected chi connectivity index (χ4v) is 4.45. The van der Waals surface area contributed by atoms with Crippen LogP contribution in [0.15, 0.2) is 42.5 Å². The summed E-state index contributed by atoms with van der Waals surface area (Å²) >= 11 is 0. The van der Waals surface area contributed by atoms with Crippen molar-refractivity contribution in [3.05, 3.63) is 64.7 Å². The van der Waals surface area contributed by atoms with Gasteiger partial charge in [0.2, 0.25) is 0 Å². The molecule has 0 unspecified atom stereocenters. The van der Waals surface area contributed by atoms with Gasteiger partial charge in [0.1, 0.15) is 11.4 Å². The first-order valence-electron chi connectivity index (χ1n) is 9.61. The molecule has 1 saturated heterocycles. The van der Waals surface area contributed by atoms with E-state index in [9.17, 15) is 18.0 Å². The molecule has 2 aromatic rings. The first-order chi connectivity index (χ1) is 13.9. The van der Waals surface area contributed by atoms with E-state index in [4.69, 9.17) is 9.47 Å². The van der Waals surface area contributed by atoms with E-state index in [1.807, 2.05) is 12.1 Å². The van der Waals surface area contributed by atoms with Gasteiger partial charge in [0, 0.05) is 18.7 Å². The average molecular weight is 405 g/mol. The maximum atomic E-state index is 13.3. The number of benzene rings is 2. The van der Waals surface area contributed by atoms with Crippen LogP contribution in [-0.2, 0) is 22.9 Å². The Morgan fingerprint density at radius 3 is 2.52 bits per heavy atom. The highest BCUT2D eigenvalue weighted by atomic mass is 19.4. The molecule has 2 aliphatic heterocycles. The summed E-state index contributed by atoms with van der Waals surface area (Å²) < 4.78 is 51.7. The summed E-state index contributed by atoms with van der Waals surface area (Å²) in [5.74, 6) is 0.160. The molecule has 0 radical (unpaired) electrons. The molecule has 1 fully saturated rings. The third-order valence-electron chi connectivity index (χ3n) is 5.86. The predicted molar refractivity (Wildman–Crippen MR) is 101 cm³/mol. The van der Waals surface area contributed by atoms with E-state index in [1.165, 1.54) is 23.1 Å². The van der Waals surface area contributed by atoms with Crippen LogP contribution in [0.25, 0.3) is 0 Å². The summed E-state index contributed by atoms with van der Waals surface area (Å²) in [6.45, 7) is 1.22. The number of methoxy groups -OCH3 is 1. The Bertz CT molecular complexity index is 904. The van der Waals surface area contributed by atoms with Crippen molar-refractivity contribution in [1.29, 1.82) is 0 Å². The van der Waals surface area contributed by atoms with Crippen molar-refractivity contribution in [3.8, 4) is 5.75 Å². The Morgan fingerprint density at radius 1 is 1.10 bits per heavy atom. The van der Waals surface area contributed by atoms with Crippen molar-refractivity contribution in [3.63, 3.8) is 0 Å². The van der Waals surface area contributed by atoms with Crippen LogP contribution in [0, 0.1) is 0 Å². The van der Waals surface area contributed by atoms with Crippen LogP contribution in [0.3, 0.4) is 0 Å². The summed E-state index contributed by atoms with van der Waals surface area (Å²) in [7, 11) is 1.62. The van der Waals surface area contributed by atoms with Crippen LogP contribution >= 0.6 is 0 Å². The van der Waals surface area contributed by atoms with Gasteiger partial charge in [-0.1, -0.05) is 24.3 Å². The number of hydrogen-bond donors (Lipinski definition) is 0. The molecule has 0 bridgehead atoms. The fraction of sp³-hybridized carbons (Fsp3) is 0.409. The van der Waals surface area contributed by atoms with Gasteiger partial charge in [0.05, 0.1) is 24.8 Å². The highest BCUT2D eigenvalue weighted by Gasteiger charge is 2.44. The molecule has 0 aromatic heterocycles. The monoisotopic (exact) mass is 405 g/mol. The maximum absolute atomic E-state index is 13.3. The molecule has 4 nitrogen and oxygen atoms in total. The number of rotatable bonds is 2. The molecule has 1 spiro atoms. The highest BCUT2D eigenvalue weighted by molar-refractivity contribution is 5.96. The lowest BCUT2D eigenvalue weighted by Crippen LogP contribution is -2.48. The van der Waals surface area contributed by atoms with Crippen molar-refractivity contribution >= 4 is 5.91 Å². The van der Waals surface area contributed by atoms with Crippen molar-refractivity contribution < 1.29 is 27.4 Å². The highest BCUT2D eigenvalue weighted by Crippen LogP contribution is 2.46. The second-order valence-corrected chi connectivity index (χ2v) is 7.42. The normalized spacial score (nSPS) is 18.4. The smallest absolute Gasteiger partial charge is 0.417 e. The first kappa shape index (κ1) is 19.8. The summed E-state index contributed by atoms with van der Waals surface area (Å²) in [5.41, 5.74) is 0.402. The van der Waals surface area contributed by atoms with E-state index in [2.05, 4.69) is 6.07 Å². The average Bonchev–Trinajstić information content (AvgIpc) is 2.73. The van der Waals surface area contributed by atoms with Gasteiger partial charge in [-0.05, 0) is 43.0 Å². The number of carbonyl (C=O) groups is 1. The molecule has 2 heterocycles. The molecule has 2 aliphatic rings. The summed E-state index contributed by atoms with van der Waals surface area (Å²) in [6, 6.07) is 10.8. The summed E-state index contributed by atoms with van der Waals surface area (Å²) in [4.78, 5) is 14.4. The van der Waals surface area contributed by atoms with Gasteiger partial charge < -0.3 is 14.4 Å². The zero-order chi connectivity index (χ0) is 20.6. The van der Waals surface area contributed by atoms with Crippen LogP contribution in [0.1, 0.15) is 39.9 Å². The number of nitrogens with zero attached hydrogens (tertiary/aromatic N) is 1.